The molecule has 0 atom stereocenters. The van der Waals surface area contributed by atoms with Crippen molar-refractivity contribution in [2.75, 3.05) is 19.5 Å². The SMILES string of the molecule is COc1ccc(NC2=C(c3ccc(C)cc3)C(=O)N(Cc3ccccc3Cl)C2=O)c(OC)c1. The highest BCUT2D eigenvalue weighted by atomic mass is 35.5. The van der Waals surface area contributed by atoms with Crippen molar-refractivity contribution in [3.05, 3.63) is 94.1 Å². The van der Waals surface area contributed by atoms with Crippen LogP contribution < -0.4 is 14.8 Å². The number of nitrogens with one attached hydrogen (secondary N) is 1. The molecule has 3 aromatic carbocycles. The Balaban J connectivity index is 1.77. The monoisotopic (exact) mass is 462 g/mol. The van der Waals surface area contributed by atoms with Gasteiger partial charge in [0, 0.05) is 11.1 Å². The molecule has 3 aromatic rings. The third-order valence-electron chi connectivity index (χ3n) is 5.46. The van der Waals surface area contributed by atoms with E-state index in [9.17, 15) is 9.59 Å². The lowest BCUT2D eigenvalue weighted by atomic mass is 10.0. The van der Waals surface area contributed by atoms with Gasteiger partial charge in [-0.25, -0.2) is 0 Å². The topological polar surface area (TPSA) is 67.9 Å². The average Bonchev–Trinajstić information content (AvgIpc) is 3.05. The molecule has 33 heavy (non-hydrogen) atoms. The summed E-state index contributed by atoms with van der Waals surface area (Å²) in [5.74, 6) is 0.265. The van der Waals surface area contributed by atoms with E-state index in [-0.39, 0.29) is 12.2 Å². The fourth-order valence-electron chi connectivity index (χ4n) is 3.66. The number of ether oxygens (including phenoxy) is 2. The molecule has 168 valence electrons. The molecule has 0 bridgehead atoms. The van der Waals surface area contributed by atoms with Gasteiger partial charge in [0.15, 0.2) is 0 Å². The second-order valence-corrected chi connectivity index (χ2v) is 8.00. The lowest BCUT2D eigenvalue weighted by Gasteiger charge is -2.17. The Kier molecular flexibility index (Phi) is 6.38. The largest absolute Gasteiger partial charge is 0.497 e. The number of carbonyl (C=O) groups excluding carboxylic acids is 2. The lowest BCUT2D eigenvalue weighted by molar-refractivity contribution is -0.137. The summed E-state index contributed by atoms with van der Waals surface area (Å²) in [5, 5.41) is 3.63. The zero-order chi connectivity index (χ0) is 23.5. The molecule has 1 heterocycles. The summed E-state index contributed by atoms with van der Waals surface area (Å²) in [6.45, 7) is 2.03. The minimum atomic E-state index is -0.437. The number of methoxy groups -OCH3 is 2. The highest BCUT2D eigenvalue weighted by Crippen LogP contribution is 2.36. The number of nitrogens with zero attached hydrogens (tertiary/aromatic N) is 1. The number of anilines is 1. The van der Waals surface area contributed by atoms with Gasteiger partial charge in [-0.15, -0.1) is 0 Å². The predicted octanol–water partition coefficient (Wildman–Crippen LogP) is 5.06. The molecule has 6 nitrogen and oxygen atoms in total. The maximum absolute atomic E-state index is 13.5. The Morgan fingerprint density at radius 2 is 1.64 bits per heavy atom. The van der Waals surface area contributed by atoms with E-state index in [1.165, 1.54) is 12.0 Å². The summed E-state index contributed by atoms with van der Waals surface area (Å²) in [6.07, 6.45) is 0. The molecule has 0 aliphatic carbocycles. The number of halogens is 1. The Morgan fingerprint density at radius 1 is 0.909 bits per heavy atom. The molecule has 0 fully saturated rings. The highest BCUT2D eigenvalue weighted by Gasteiger charge is 2.39. The van der Waals surface area contributed by atoms with Crippen LogP contribution in [0, 0.1) is 6.92 Å². The molecule has 2 amide bonds. The molecular formula is C26H23ClN2O4. The molecule has 0 saturated heterocycles. The Labute approximate surface area is 197 Å². The average molecular weight is 463 g/mol. The number of hydrogen-bond donors (Lipinski definition) is 1. The Bertz CT molecular complexity index is 1250. The minimum Gasteiger partial charge on any atom is -0.497 e. The molecule has 1 aliphatic heterocycles. The normalized spacial score (nSPS) is 13.5. The second-order valence-electron chi connectivity index (χ2n) is 7.60. The molecular weight excluding hydrogens is 440 g/mol. The van der Waals surface area contributed by atoms with Gasteiger partial charge in [-0.2, -0.15) is 0 Å². The first-order chi connectivity index (χ1) is 15.9. The fourth-order valence-corrected chi connectivity index (χ4v) is 3.85. The van der Waals surface area contributed by atoms with Crippen LogP contribution in [0.15, 0.2) is 72.4 Å². The lowest BCUT2D eigenvalue weighted by Crippen LogP contribution is -2.32. The van der Waals surface area contributed by atoms with E-state index in [0.29, 0.717) is 38.9 Å². The van der Waals surface area contributed by atoms with E-state index in [2.05, 4.69) is 5.32 Å². The van der Waals surface area contributed by atoms with Crippen molar-refractivity contribution in [1.29, 1.82) is 0 Å². The second kappa shape index (κ2) is 9.38. The van der Waals surface area contributed by atoms with Crippen LogP contribution >= 0.6 is 11.6 Å². The van der Waals surface area contributed by atoms with Gasteiger partial charge >= 0.3 is 0 Å². The van der Waals surface area contributed by atoms with Crippen molar-refractivity contribution in [2.45, 2.75) is 13.5 Å². The number of rotatable bonds is 7. The predicted molar refractivity (Wildman–Crippen MR) is 128 cm³/mol. The van der Waals surface area contributed by atoms with Crippen LogP contribution in [0.1, 0.15) is 16.7 Å². The molecule has 0 aromatic heterocycles. The summed E-state index contributed by atoms with van der Waals surface area (Å²) < 4.78 is 10.7. The number of amides is 2. The third kappa shape index (κ3) is 4.43. The zero-order valence-corrected chi connectivity index (χ0v) is 19.3. The van der Waals surface area contributed by atoms with Crippen molar-refractivity contribution >= 4 is 34.7 Å². The van der Waals surface area contributed by atoms with Gasteiger partial charge in [0.2, 0.25) is 0 Å². The van der Waals surface area contributed by atoms with Crippen LogP contribution in [0.5, 0.6) is 11.5 Å². The van der Waals surface area contributed by atoms with E-state index in [4.69, 9.17) is 21.1 Å². The van der Waals surface area contributed by atoms with E-state index < -0.39 is 11.8 Å². The molecule has 1 aliphatic rings. The fraction of sp³-hybridized carbons (Fsp3) is 0.154. The van der Waals surface area contributed by atoms with Gasteiger partial charge in [0.1, 0.15) is 17.2 Å². The molecule has 1 N–H and O–H groups in total. The zero-order valence-electron chi connectivity index (χ0n) is 18.5. The van der Waals surface area contributed by atoms with Gasteiger partial charge in [0.25, 0.3) is 11.8 Å². The van der Waals surface area contributed by atoms with Gasteiger partial charge in [-0.05, 0) is 36.2 Å². The summed E-state index contributed by atoms with van der Waals surface area (Å²) in [7, 11) is 3.09. The Hall–Kier alpha value is -3.77. The summed E-state index contributed by atoms with van der Waals surface area (Å²) >= 11 is 6.30. The summed E-state index contributed by atoms with van der Waals surface area (Å²) in [4.78, 5) is 28.2. The van der Waals surface area contributed by atoms with Crippen LogP contribution in [-0.4, -0.2) is 30.9 Å². The van der Waals surface area contributed by atoms with Crippen molar-refractivity contribution in [2.24, 2.45) is 0 Å². The first-order valence-electron chi connectivity index (χ1n) is 10.3. The maximum atomic E-state index is 13.5. The molecule has 0 unspecified atom stereocenters. The van der Waals surface area contributed by atoms with Crippen molar-refractivity contribution in [3.63, 3.8) is 0 Å². The van der Waals surface area contributed by atoms with Gasteiger partial charge < -0.3 is 14.8 Å². The van der Waals surface area contributed by atoms with Crippen LogP contribution in [0.25, 0.3) is 5.57 Å². The van der Waals surface area contributed by atoms with Gasteiger partial charge in [-0.1, -0.05) is 59.6 Å². The standard InChI is InChI=1S/C26H23ClN2O4/c1-16-8-10-17(11-9-16)23-24(28-21-13-12-19(32-2)14-22(21)33-3)26(31)29(25(23)30)15-18-6-4-5-7-20(18)27/h4-14,28H,15H2,1-3H3. The highest BCUT2D eigenvalue weighted by molar-refractivity contribution is 6.36. The first-order valence-corrected chi connectivity index (χ1v) is 10.7. The third-order valence-corrected chi connectivity index (χ3v) is 5.83. The maximum Gasteiger partial charge on any atom is 0.278 e. The van der Waals surface area contributed by atoms with Gasteiger partial charge in [-0.3, -0.25) is 14.5 Å². The minimum absolute atomic E-state index is 0.0671. The van der Waals surface area contributed by atoms with Crippen LogP contribution in [0.4, 0.5) is 5.69 Å². The number of imide groups is 1. The van der Waals surface area contributed by atoms with Crippen molar-refractivity contribution in [1.82, 2.24) is 4.90 Å². The van der Waals surface area contributed by atoms with E-state index in [0.717, 1.165) is 5.56 Å². The molecule has 0 saturated carbocycles. The molecule has 4 rings (SSSR count). The Morgan fingerprint density at radius 3 is 2.30 bits per heavy atom. The van der Waals surface area contributed by atoms with E-state index in [1.807, 2.05) is 37.3 Å². The van der Waals surface area contributed by atoms with Crippen molar-refractivity contribution in [3.8, 4) is 11.5 Å². The van der Waals surface area contributed by atoms with E-state index >= 15 is 0 Å². The van der Waals surface area contributed by atoms with Crippen LogP contribution in [0.3, 0.4) is 0 Å². The first kappa shape index (κ1) is 22.4. The summed E-state index contributed by atoms with van der Waals surface area (Å²) in [6, 6.07) is 19.8. The van der Waals surface area contributed by atoms with Crippen LogP contribution in [-0.2, 0) is 16.1 Å². The molecule has 7 heteroatoms. The summed E-state index contributed by atoms with van der Waals surface area (Å²) in [5.41, 5.74) is 3.40. The van der Waals surface area contributed by atoms with Crippen LogP contribution in [0.2, 0.25) is 5.02 Å². The molecule has 0 radical (unpaired) electrons. The number of aryl methyl sites for hydroxylation is 1. The number of carbonyl (C=O) groups is 2. The smallest absolute Gasteiger partial charge is 0.278 e. The van der Waals surface area contributed by atoms with E-state index in [1.54, 1.807) is 43.5 Å². The number of hydrogen-bond acceptors (Lipinski definition) is 5. The quantitative estimate of drug-likeness (QED) is 0.497. The van der Waals surface area contributed by atoms with Gasteiger partial charge in [0.05, 0.1) is 32.0 Å². The molecule has 0 spiro atoms. The van der Waals surface area contributed by atoms with Crippen molar-refractivity contribution < 1.29 is 19.1 Å². The number of benzene rings is 3.